The summed E-state index contributed by atoms with van der Waals surface area (Å²) in [4.78, 5) is 24.1. The van der Waals surface area contributed by atoms with Gasteiger partial charge in [0.1, 0.15) is 23.5 Å². The van der Waals surface area contributed by atoms with Gasteiger partial charge in [-0.2, -0.15) is 0 Å². The first-order valence-electron chi connectivity index (χ1n) is 9.55. The van der Waals surface area contributed by atoms with Crippen LogP contribution in [0.2, 0.25) is 0 Å². The second kappa shape index (κ2) is 8.06. The number of ketones is 1. The number of carbonyl (C=O) groups is 2. The Labute approximate surface area is 172 Å². The van der Waals surface area contributed by atoms with Crippen molar-refractivity contribution in [2.45, 2.75) is 19.4 Å². The monoisotopic (exact) mass is 407 g/mol. The van der Waals surface area contributed by atoms with Crippen molar-refractivity contribution >= 4 is 11.7 Å². The third-order valence-corrected chi connectivity index (χ3v) is 5.03. The Kier molecular flexibility index (Phi) is 5.31. The van der Waals surface area contributed by atoms with Gasteiger partial charge in [-0.25, -0.2) is 8.78 Å². The molecular formula is C24H19F2NO3. The molecule has 0 aliphatic carbocycles. The average Bonchev–Trinajstić information content (AvgIpc) is 3.13. The summed E-state index contributed by atoms with van der Waals surface area (Å²) in [6.45, 7) is 1.74. The van der Waals surface area contributed by atoms with E-state index in [9.17, 15) is 18.4 Å². The maximum atomic E-state index is 13.3. The molecule has 1 aliphatic rings. The van der Waals surface area contributed by atoms with Crippen LogP contribution in [-0.4, -0.2) is 24.3 Å². The summed E-state index contributed by atoms with van der Waals surface area (Å²) in [5, 5.41) is 2.66. The molecule has 152 valence electrons. The van der Waals surface area contributed by atoms with Gasteiger partial charge in [0.15, 0.2) is 5.78 Å². The zero-order valence-electron chi connectivity index (χ0n) is 16.2. The largest absolute Gasteiger partial charge is 0.488 e. The van der Waals surface area contributed by atoms with E-state index in [4.69, 9.17) is 4.74 Å². The Balaban J connectivity index is 1.45. The molecule has 6 heteroatoms. The zero-order chi connectivity index (χ0) is 21.3. The van der Waals surface area contributed by atoms with Gasteiger partial charge in [-0.05, 0) is 47.9 Å². The van der Waals surface area contributed by atoms with Crippen LogP contribution in [0.3, 0.4) is 0 Å². The number of hydrogen-bond donors (Lipinski definition) is 1. The minimum absolute atomic E-state index is 0.00303. The molecular weight excluding hydrogens is 388 g/mol. The van der Waals surface area contributed by atoms with Crippen molar-refractivity contribution < 1.29 is 23.1 Å². The molecule has 0 aromatic heterocycles. The van der Waals surface area contributed by atoms with E-state index in [2.05, 4.69) is 5.32 Å². The van der Waals surface area contributed by atoms with Gasteiger partial charge in [-0.15, -0.1) is 0 Å². The van der Waals surface area contributed by atoms with Crippen molar-refractivity contribution in [2.75, 3.05) is 6.54 Å². The van der Waals surface area contributed by atoms with Crippen LogP contribution >= 0.6 is 0 Å². The first-order valence-corrected chi connectivity index (χ1v) is 9.55. The number of ether oxygens (including phenoxy) is 1. The van der Waals surface area contributed by atoms with Crippen molar-refractivity contribution in [1.82, 2.24) is 5.32 Å². The molecule has 4 nitrogen and oxygen atoms in total. The van der Waals surface area contributed by atoms with E-state index in [-0.39, 0.29) is 24.0 Å². The highest BCUT2D eigenvalue weighted by Crippen LogP contribution is 2.34. The summed E-state index contributed by atoms with van der Waals surface area (Å²) in [5.74, 6) is -1.46. The van der Waals surface area contributed by atoms with E-state index in [1.54, 1.807) is 13.0 Å². The lowest BCUT2D eigenvalue weighted by atomic mass is 9.95. The maximum Gasteiger partial charge on any atom is 0.251 e. The zero-order valence-corrected chi connectivity index (χ0v) is 16.2. The quantitative estimate of drug-likeness (QED) is 0.631. The van der Waals surface area contributed by atoms with Crippen LogP contribution in [0.15, 0.2) is 60.7 Å². The van der Waals surface area contributed by atoms with Crippen molar-refractivity contribution in [2.24, 2.45) is 0 Å². The predicted molar refractivity (Wildman–Crippen MR) is 109 cm³/mol. The van der Waals surface area contributed by atoms with E-state index in [1.165, 1.54) is 0 Å². The topological polar surface area (TPSA) is 55.4 Å². The molecule has 30 heavy (non-hydrogen) atoms. The highest BCUT2D eigenvalue weighted by atomic mass is 19.1. The predicted octanol–water partition coefficient (Wildman–Crippen LogP) is 4.57. The Hall–Kier alpha value is -3.54. The number of amides is 1. The number of hydrogen-bond acceptors (Lipinski definition) is 3. The van der Waals surface area contributed by atoms with Crippen LogP contribution in [0.4, 0.5) is 8.78 Å². The fourth-order valence-corrected chi connectivity index (χ4v) is 3.64. The minimum atomic E-state index is -0.803. The molecule has 1 heterocycles. The van der Waals surface area contributed by atoms with Gasteiger partial charge in [0, 0.05) is 23.6 Å². The molecule has 0 bridgehead atoms. The lowest BCUT2D eigenvalue weighted by Crippen LogP contribution is -2.34. The Bertz CT molecular complexity index is 1120. The second-order valence-corrected chi connectivity index (χ2v) is 7.24. The maximum absolute atomic E-state index is 13.3. The molecule has 3 aromatic rings. The van der Waals surface area contributed by atoms with E-state index < -0.39 is 17.5 Å². The lowest BCUT2D eigenvalue weighted by Gasteiger charge is -2.12. The normalized spacial score (nSPS) is 14.7. The standard InChI is InChI=1S/C24H19F2NO3/c1-14(28)21-4-2-3-5-22(21)15-6-7-23-16(8-15)11-20(30-23)13-27-24(29)17-9-18(25)12-19(26)10-17/h2-10,12,20H,11,13H2,1H3,(H,27,29)/t20-/m1/s1. The van der Waals surface area contributed by atoms with Crippen LogP contribution in [0.1, 0.15) is 33.2 Å². The first-order chi connectivity index (χ1) is 14.4. The molecule has 0 fully saturated rings. The Morgan fingerprint density at radius 3 is 2.50 bits per heavy atom. The van der Waals surface area contributed by atoms with Crippen LogP contribution in [0.5, 0.6) is 5.75 Å². The molecule has 4 rings (SSSR count). The number of benzene rings is 3. The second-order valence-electron chi connectivity index (χ2n) is 7.24. The van der Waals surface area contributed by atoms with Gasteiger partial charge in [-0.3, -0.25) is 9.59 Å². The third-order valence-electron chi connectivity index (χ3n) is 5.03. The van der Waals surface area contributed by atoms with E-state index in [0.29, 0.717) is 12.0 Å². The molecule has 0 spiro atoms. The van der Waals surface area contributed by atoms with Crippen LogP contribution in [-0.2, 0) is 6.42 Å². The Morgan fingerprint density at radius 2 is 1.77 bits per heavy atom. The third kappa shape index (κ3) is 4.08. The number of halogens is 2. The summed E-state index contributed by atoms with van der Waals surface area (Å²) in [6.07, 6.45) is 0.282. The number of Topliss-reactive ketones (excluding diaryl/α,β-unsaturated/α-hetero) is 1. The van der Waals surface area contributed by atoms with E-state index in [1.807, 2.05) is 36.4 Å². The van der Waals surface area contributed by atoms with Crippen molar-refractivity contribution in [3.63, 3.8) is 0 Å². The van der Waals surface area contributed by atoms with Crippen molar-refractivity contribution in [3.8, 4) is 16.9 Å². The smallest absolute Gasteiger partial charge is 0.251 e. The molecule has 1 aliphatic heterocycles. The van der Waals surface area contributed by atoms with Crippen LogP contribution in [0.25, 0.3) is 11.1 Å². The first kappa shape index (κ1) is 19.8. The highest BCUT2D eigenvalue weighted by Gasteiger charge is 2.24. The van der Waals surface area contributed by atoms with Gasteiger partial charge in [0.2, 0.25) is 0 Å². The van der Waals surface area contributed by atoms with Gasteiger partial charge in [0.25, 0.3) is 5.91 Å². The van der Waals surface area contributed by atoms with Crippen LogP contribution in [0, 0.1) is 11.6 Å². The van der Waals surface area contributed by atoms with Crippen molar-refractivity contribution in [3.05, 3.63) is 89.0 Å². The van der Waals surface area contributed by atoms with Crippen LogP contribution < -0.4 is 10.1 Å². The number of nitrogens with one attached hydrogen (secondary N) is 1. The summed E-state index contributed by atoms with van der Waals surface area (Å²) in [7, 11) is 0. The molecule has 1 N–H and O–H groups in total. The van der Waals surface area contributed by atoms with Gasteiger partial charge in [-0.1, -0.05) is 30.3 Å². The van der Waals surface area contributed by atoms with E-state index in [0.717, 1.165) is 40.6 Å². The molecule has 0 saturated heterocycles. The summed E-state index contributed by atoms with van der Waals surface area (Å²) >= 11 is 0. The fraction of sp³-hybridized carbons (Fsp3) is 0.167. The molecule has 0 saturated carbocycles. The number of fused-ring (bicyclic) bond motifs is 1. The Morgan fingerprint density at radius 1 is 1.03 bits per heavy atom. The fourth-order valence-electron chi connectivity index (χ4n) is 3.64. The molecule has 1 atom stereocenters. The highest BCUT2D eigenvalue weighted by molar-refractivity contribution is 6.00. The van der Waals surface area contributed by atoms with Gasteiger partial charge >= 0.3 is 0 Å². The number of carbonyl (C=O) groups excluding carboxylic acids is 2. The summed E-state index contributed by atoms with van der Waals surface area (Å²) in [5.41, 5.74) is 3.33. The van der Waals surface area contributed by atoms with Gasteiger partial charge in [0.05, 0.1) is 6.54 Å². The summed E-state index contributed by atoms with van der Waals surface area (Å²) < 4.78 is 32.5. The number of rotatable bonds is 5. The van der Waals surface area contributed by atoms with Crippen molar-refractivity contribution in [1.29, 1.82) is 0 Å². The minimum Gasteiger partial charge on any atom is -0.488 e. The molecule has 0 radical (unpaired) electrons. The summed E-state index contributed by atoms with van der Waals surface area (Å²) in [6, 6.07) is 15.9. The SMILES string of the molecule is CC(=O)c1ccccc1-c1ccc2c(c1)C[C@H](CNC(=O)c1cc(F)cc(F)c1)O2. The van der Waals surface area contributed by atoms with E-state index >= 15 is 0 Å². The average molecular weight is 407 g/mol. The molecule has 1 amide bonds. The lowest BCUT2D eigenvalue weighted by molar-refractivity contribution is 0.0932. The molecule has 0 unspecified atom stereocenters. The molecule has 3 aromatic carbocycles. The van der Waals surface area contributed by atoms with Gasteiger partial charge < -0.3 is 10.1 Å².